The molecule has 0 spiro atoms. The molecule has 25 heavy (non-hydrogen) atoms. The number of amides is 2. The fourth-order valence-electron chi connectivity index (χ4n) is 3.52. The van der Waals surface area contributed by atoms with E-state index in [4.69, 9.17) is 4.74 Å². The minimum Gasteiger partial charge on any atom is -0.453 e. The maximum Gasteiger partial charge on any atom is 0.410 e. The summed E-state index contributed by atoms with van der Waals surface area (Å²) >= 11 is 0. The van der Waals surface area contributed by atoms with E-state index in [1.807, 2.05) is 9.58 Å². The van der Waals surface area contributed by atoms with Gasteiger partial charge in [-0.2, -0.15) is 5.10 Å². The number of hydrogen-bond acceptors (Lipinski definition) is 6. The lowest BCUT2D eigenvalue weighted by Crippen LogP contribution is -2.57. The molecule has 0 bridgehead atoms. The number of aromatic nitrogens is 3. The van der Waals surface area contributed by atoms with Crippen LogP contribution in [0, 0.1) is 0 Å². The number of methoxy groups -OCH3 is 1. The second-order valence-electron chi connectivity index (χ2n) is 6.50. The van der Waals surface area contributed by atoms with Gasteiger partial charge in [0.25, 0.3) is 0 Å². The third-order valence-corrected chi connectivity index (χ3v) is 4.99. The van der Waals surface area contributed by atoms with Crippen LogP contribution in [-0.2, 0) is 16.1 Å². The van der Waals surface area contributed by atoms with Crippen molar-refractivity contribution in [2.45, 2.75) is 31.8 Å². The number of piperidine rings is 1. The van der Waals surface area contributed by atoms with Gasteiger partial charge in [0, 0.05) is 39.3 Å². The first kappa shape index (κ1) is 17.7. The lowest BCUT2D eigenvalue weighted by atomic mass is 10.0. The Morgan fingerprint density at radius 1 is 1.12 bits per heavy atom. The third-order valence-electron chi connectivity index (χ3n) is 4.99. The van der Waals surface area contributed by atoms with Gasteiger partial charge < -0.3 is 9.64 Å². The Morgan fingerprint density at radius 3 is 2.60 bits per heavy atom. The van der Waals surface area contributed by atoms with E-state index in [0.717, 1.165) is 45.4 Å². The first-order valence-electron chi connectivity index (χ1n) is 8.87. The van der Waals surface area contributed by atoms with Crippen molar-refractivity contribution in [3.8, 4) is 0 Å². The number of piperazine rings is 1. The Bertz CT molecular complexity index is 570. The van der Waals surface area contributed by atoms with Gasteiger partial charge in [-0.05, 0) is 19.3 Å². The van der Waals surface area contributed by atoms with Crippen LogP contribution >= 0.6 is 0 Å². The number of rotatable bonds is 4. The molecule has 0 aliphatic carbocycles. The van der Waals surface area contributed by atoms with Crippen LogP contribution in [0.15, 0.2) is 12.7 Å². The molecule has 0 aromatic carbocycles. The Kier molecular flexibility index (Phi) is 5.85. The molecule has 138 valence electrons. The van der Waals surface area contributed by atoms with Crippen molar-refractivity contribution >= 4 is 12.0 Å². The quantitative estimate of drug-likeness (QED) is 0.763. The van der Waals surface area contributed by atoms with Crippen LogP contribution in [0.2, 0.25) is 0 Å². The number of likely N-dealkylation sites (tertiary alicyclic amines) is 1. The molecule has 0 N–H and O–H groups in total. The molecule has 1 aromatic rings. The highest BCUT2D eigenvalue weighted by Gasteiger charge is 2.36. The van der Waals surface area contributed by atoms with Crippen molar-refractivity contribution in [1.82, 2.24) is 29.5 Å². The molecule has 2 fully saturated rings. The summed E-state index contributed by atoms with van der Waals surface area (Å²) in [5, 5.41) is 4.10. The van der Waals surface area contributed by atoms with Gasteiger partial charge in [-0.15, -0.1) is 0 Å². The van der Waals surface area contributed by atoms with Crippen LogP contribution in [-0.4, -0.2) is 93.9 Å². The van der Waals surface area contributed by atoms with Gasteiger partial charge in [0.1, 0.15) is 18.7 Å². The van der Waals surface area contributed by atoms with Crippen LogP contribution in [0.3, 0.4) is 0 Å². The van der Waals surface area contributed by atoms with Crippen molar-refractivity contribution < 1.29 is 14.3 Å². The molecule has 1 atom stereocenters. The van der Waals surface area contributed by atoms with E-state index in [2.05, 4.69) is 15.0 Å². The Labute approximate surface area is 147 Å². The topological polar surface area (TPSA) is 83.8 Å². The minimum absolute atomic E-state index is 0.0565. The van der Waals surface area contributed by atoms with Crippen LogP contribution in [0.1, 0.15) is 19.3 Å². The van der Waals surface area contributed by atoms with Crippen LogP contribution in [0.5, 0.6) is 0 Å². The Morgan fingerprint density at radius 2 is 1.92 bits per heavy atom. The minimum atomic E-state index is -0.399. The predicted molar refractivity (Wildman–Crippen MR) is 89.8 cm³/mol. The van der Waals surface area contributed by atoms with Gasteiger partial charge in [0.15, 0.2) is 0 Å². The van der Waals surface area contributed by atoms with Gasteiger partial charge in [-0.25, -0.2) is 9.78 Å². The molecule has 2 amide bonds. The molecule has 0 unspecified atom stereocenters. The summed E-state index contributed by atoms with van der Waals surface area (Å²) in [7, 11) is 1.37. The van der Waals surface area contributed by atoms with Gasteiger partial charge in [-0.3, -0.25) is 19.3 Å². The lowest BCUT2D eigenvalue weighted by molar-refractivity contribution is -0.139. The summed E-state index contributed by atoms with van der Waals surface area (Å²) < 4.78 is 6.65. The van der Waals surface area contributed by atoms with E-state index in [9.17, 15) is 9.59 Å². The second kappa shape index (κ2) is 8.28. The zero-order valence-corrected chi connectivity index (χ0v) is 14.7. The molecule has 3 heterocycles. The summed E-state index contributed by atoms with van der Waals surface area (Å²) in [6.45, 7) is 5.36. The van der Waals surface area contributed by atoms with Gasteiger partial charge in [0.05, 0.1) is 13.7 Å². The molecule has 9 nitrogen and oxygen atoms in total. The van der Waals surface area contributed by atoms with E-state index < -0.39 is 6.09 Å². The van der Waals surface area contributed by atoms with Crippen molar-refractivity contribution in [3.63, 3.8) is 0 Å². The zero-order chi connectivity index (χ0) is 17.6. The lowest BCUT2D eigenvalue weighted by Gasteiger charge is -2.40. The highest BCUT2D eigenvalue weighted by Crippen LogP contribution is 2.20. The molecule has 9 heteroatoms. The van der Waals surface area contributed by atoms with E-state index in [-0.39, 0.29) is 11.9 Å². The number of carbonyl (C=O) groups excluding carboxylic acids is 2. The average Bonchev–Trinajstić information content (AvgIpc) is 3.19. The second-order valence-corrected chi connectivity index (χ2v) is 6.50. The third kappa shape index (κ3) is 4.28. The fourth-order valence-corrected chi connectivity index (χ4v) is 3.52. The van der Waals surface area contributed by atoms with Crippen molar-refractivity contribution in [1.29, 1.82) is 0 Å². The number of carbonyl (C=O) groups is 2. The molecule has 2 aliphatic rings. The first-order valence-corrected chi connectivity index (χ1v) is 8.87. The molecule has 2 saturated heterocycles. The molecule has 3 rings (SSSR count). The highest BCUT2D eigenvalue weighted by molar-refractivity contribution is 5.86. The summed E-state index contributed by atoms with van der Waals surface area (Å²) in [5.41, 5.74) is 0. The van der Waals surface area contributed by atoms with E-state index in [1.54, 1.807) is 11.2 Å². The molecule has 1 aromatic heterocycles. The van der Waals surface area contributed by atoms with Crippen molar-refractivity contribution in [2.24, 2.45) is 0 Å². The van der Waals surface area contributed by atoms with Crippen LogP contribution in [0.4, 0.5) is 4.79 Å². The maximum atomic E-state index is 12.9. The molecule has 0 radical (unpaired) electrons. The van der Waals surface area contributed by atoms with Crippen LogP contribution in [0.25, 0.3) is 0 Å². The normalized spacial score (nSPS) is 22.0. The van der Waals surface area contributed by atoms with E-state index in [1.165, 1.54) is 13.4 Å². The number of ether oxygens (including phenoxy) is 1. The van der Waals surface area contributed by atoms with E-state index >= 15 is 0 Å². The van der Waals surface area contributed by atoms with Gasteiger partial charge in [0.2, 0.25) is 5.91 Å². The molecule has 0 saturated carbocycles. The predicted octanol–water partition coefficient (Wildman–Crippen LogP) is 0.0432. The smallest absolute Gasteiger partial charge is 0.410 e. The number of nitrogens with zero attached hydrogens (tertiary/aromatic N) is 6. The van der Waals surface area contributed by atoms with Gasteiger partial charge >= 0.3 is 6.09 Å². The SMILES string of the molecule is COC(=O)N1CCCC[C@@H]1C(=O)N1CCN(CCn2cncn2)CC1. The number of hydrogen-bond donors (Lipinski definition) is 0. The molecular formula is C16H26N6O3. The Hall–Kier alpha value is -2.16. The highest BCUT2D eigenvalue weighted by atomic mass is 16.5. The summed E-state index contributed by atoms with van der Waals surface area (Å²) in [5.74, 6) is 0.0565. The van der Waals surface area contributed by atoms with E-state index in [0.29, 0.717) is 19.6 Å². The first-order chi connectivity index (χ1) is 12.2. The average molecular weight is 350 g/mol. The van der Waals surface area contributed by atoms with Crippen molar-refractivity contribution in [3.05, 3.63) is 12.7 Å². The summed E-state index contributed by atoms with van der Waals surface area (Å²) in [6.07, 6.45) is 5.47. The zero-order valence-electron chi connectivity index (χ0n) is 14.7. The maximum absolute atomic E-state index is 12.9. The largest absolute Gasteiger partial charge is 0.453 e. The van der Waals surface area contributed by atoms with Crippen molar-refractivity contribution in [2.75, 3.05) is 46.4 Å². The summed E-state index contributed by atoms with van der Waals surface area (Å²) in [6, 6.07) is -0.372. The molecular weight excluding hydrogens is 324 g/mol. The standard InChI is InChI=1S/C16H26N6O3/c1-25-16(24)22-5-3-2-4-14(22)15(23)20-9-6-19(7-10-20)8-11-21-13-17-12-18-21/h12-14H,2-11H2,1H3/t14-/m1/s1. The molecule has 2 aliphatic heterocycles. The monoisotopic (exact) mass is 350 g/mol. The fraction of sp³-hybridized carbons (Fsp3) is 0.750. The Balaban J connectivity index is 1.49. The summed E-state index contributed by atoms with van der Waals surface area (Å²) in [4.78, 5) is 34.5. The van der Waals surface area contributed by atoms with Crippen LogP contribution < -0.4 is 0 Å². The van der Waals surface area contributed by atoms with Gasteiger partial charge in [-0.1, -0.05) is 0 Å².